The Morgan fingerprint density at radius 3 is 2.45 bits per heavy atom. The molecule has 0 fully saturated rings. The molecule has 2 heterocycles. The molecule has 0 aliphatic heterocycles. The van der Waals surface area contributed by atoms with Gasteiger partial charge in [0.05, 0.1) is 22.0 Å². The van der Waals surface area contributed by atoms with E-state index in [4.69, 9.17) is 0 Å². The fourth-order valence-electron chi connectivity index (χ4n) is 2.15. The minimum atomic E-state index is -4.65. The van der Waals surface area contributed by atoms with Crippen LogP contribution in [0.15, 0.2) is 41.8 Å². The van der Waals surface area contributed by atoms with E-state index in [1.165, 1.54) is 17.4 Å². The SMILES string of the molecule is N#CC(c1ccccc1)c1nc(C(F)(F)F)nc2ccsc12. The van der Waals surface area contributed by atoms with Crippen molar-refractivity contribution in [3.8, 4) is 6.07 Å². The molecule has 0 bridgehead atoms. The summed E-state index contributed by atoms with van der Waals surface area (Å²) >= 11 is 1.23. The number of hydrogen-bond donors (Lipinski definition) is 0. The van der Waals surface area contributed by atoms with Crippen LogP contribution in [0.1, 0.15) is 23.0 Å². The normalized spacial score (nSPS) is 13.0. The summed E-state index contributed by atoms with van der Waals surface area (Å²) in [6, 6.07) is 12.2. The van der Waals surface area contributed by atoms with Gasteiger partial charge in [-0.25, -0.2) is 9.97 Å². The molecule has 0 radical (unpaired) electrons. The van der Waals surface area contributed by atoms with Crippen LogP contribution in [0.4, 0.5) is 13.2 Å². The van der Waals surface area contributed by atoms with Gasteiger partial charge < -0.3 is 0 Å². The summed E-state index contributed by atoms with van der Waals surface area (Å²) < 4.78 is 39.4. The van der Waals surface area contributed by atoms with Gasteiger partial charge in [-0.1, -0.05) is 30.3 Å². The molecule has 3 nitrogen and oxygen atoms in total. The molecule has 2 aromatic heterocycles. The Bertz CT molecular complexity index is 850. The fraction of sp³-hybridized carbons (Fsp3) is 0.133. The molecule has 1 unspecified atom stereocenters. The van der Waals surface area contributed by atoms with Crippen LogP contribution < -0.4 is 0 Å². The fourth-order valence-corrected chi connectivity index (χ4v) is 3.00. The number of halogens is 3. The number of benzene rings is 1. The number of nitrogens with zero attached hydrogens (tertiary/aromatic N) is 3. The predicted molar refractivity (Wildman–Crippen MR) is 76.3 cm³/mol. The molecule has 0 saturated heterocycles. The highest BCUT2D eigenvalue weighted by molar-refractivity contribution is 7.17. The van der Waals surface area contributed by atoms with E-state index in [1.54, 1.807) is 35.7 Å². The second kappa shape index (κ2) is 5.39. The first-order valence-corrected chi connectivity index (χ1v) is 7.15. The van der Waals surface area contributed by atoms with E-state index in [1.807, 2.05) is 6.07 Å². The van der Waals surface area contributed by atoms with E-state index in [0.717, 1.165) is 0 Å². The van der Waals surface area contributed by atoms with Crippen molar-refractivity contribution < 1.29 is 13.2 Å². The van der Waals surface area contributed by atoms with E-state index in [9.17, 15) is 18.4 Å². The Labute approximate surface area is 127 Å². The first kappa shape index (κ1) is 14.5. The molecule has 1 atom stereocenters. The van der Waals surface area contributed by atoms with Crippen LogP contribution in [0.5, 0.6) is 0 Å². The average molecular weight is 319 g/mol. The third kappa shape index (κ3) is 2.53. The Morgan fingerprint density at radius 1 is 1.09 bits per heavy atom. The number of rotatable bonds is 2. The quantitative estimate of drug-likeness (QED) is 0.705. The Balaban J connectivity index is 2.25. The maximum atomic E-state index is 13.0. The Hall–Kier alpha value is -2.46. The minimum absolute atomic E-state index is 0.0982. The molecule has 0 aliphatic carbocycles. The smallest absolute Gasteiger partial charge is 0.226 e. The van der Waals surface area contributed by atoms with Gasteiger partial charge in [-0.3, -0.25) is 0 Å². The number of alkyl halides is 3. The highest BCUT2D eigenvalue weighted by Crippen LogP contribution is 2.35. The first-order chi connectivity index (χ1) is 10.5. The summed E-state index contributed by atoms with van der Waals surface area (Å²) in [6.45, 7) is 0. The lowest BCUT2D eigenvalue weighted by Crippen LogP contribution is -2.14. The van der Waals surface area contributed by atoms with Crippen LogP contribution in [-0.2, 0) is 6.18 Å². The largest absolute Gasteiger partial charge is 0.451 e. The van der Waals surface area contributed by atoms with Crippen molar-refractivity contribution in [2.45, 2.75) is 12.1 Å². The monoisotopic (exact) mass is 319 g/mol. The van der Waals surface area contributed by atoms with Gasteiger partial charge in [-0.05, 0) is 17.0 Å². The molecule has 3 rings (SSSR count). The third-order valence-corrected chi connectivity index (χ3v) is 4.04. The van der Waals surface area contributed by atoms with Crippen LogP contribution in [0.3, 0.4) is 0 Å². The van der Waals surface area contributed by atoms with Crippen molar-refractivity contribution >= 4 is 21.6 Å². The van der Waals surface area contributed by atoms with Gasteiger partial charge in [-0.15, -0.1) is 11.3 Å². The first-order valence-electron chi connectivity index (χ1n) is 6.27. The van der Waals surface area contributed by atoms with E-state index in [2.05, 4.69) is 9.97 Å². The van der Waals surface area contributed by atoms with Gasteiger partial charge in [-0.2, -0.15) is 18.4 Å². The summed E-state index contributed by atoms with van der Waals surface area (Å²) in [5.74, 6) is -2.09. The molecular formula is C15H8F3N3S. The second-order valence-corrected chi connectivity index (χ2v) is 5.45. The molecule has 3 aromatic rings. The third-order valence-electron chi connectivity index (χ3n) is 3.12. The van der Waals surface area contributed by atoms with Crippen LogP contribution >= 0.6 is 11.3 Å². The molecule has 0 N–H and O–H groups in total. The number of nitriles is 1. The van der Waals surface area contributed by atoms with E-state index < -0.39 is 17.9 Å². The van der Waals surface area contributed by atoms with E-state index in [-0.39, 0.29) is 11.2 Å². The van der Waals surface area contributed by atoms with Crippen molar-refractivity contribution in [3.63, 3.8) is 0 Å². The van der Waals surface area contributed by atoms with E-state index >= 15 is 0 Å². The number of hydrogen-bond acceptors (Lipinski definition) is 4. The highest BCUT2D eigenvalue weighted by Gasteiger charge is 2.36. The highest BCUT2D eigenvalue weighted by atomic mass is 32.1. The summed E-state index contributed by atoms with van der Waals surface area (Å²) in [6.07, 6.45) is -4.65. The van der Waals surface area contributed by atoms with Gasteiger partial charge in [0, 0.05) is 0 Å². The van der Waals surface area contributed by atoms with Crippen molar-refractivity contribution in [2.75, 3.05) is 0 Å². The maximum Gasteiger partial charge on any atom is 0.451 e. The van der Waals surface area contributed by atoms with Gasteiger partial charge in [0.15, 0.2) is 0 Å². The molecule has 7 heteroatoms. The Morgan fingerprint density at radius 2 is 1.82 bits per heavy atom. The van der Waals surface area contributed by atoms with Crippen LogP contribution in [-0.4, -0.2) is 9.97 Å². The summed E-state index contributed by atoms with van der Waals surface area (Å²) in [7, 11) is 0. The summed E-state index contributed by atoms with van der Waals surface area (Å²) in [5, 5.41) is 11.1. The standard InChI is InChI=1S/C15H8F3N3S/c16-15(17,18)14-20-11-6-7-22-13(11)12(21-14)10(8-19)9-4-2-1-3-5-9/h1-7,10H. The molecule has 1 aromatic carbocycles. The maximum absolute atomic E-state index is 13.0. The zero-order valence-corrected chi connectivity index (χ0v) is 11.8. The molecular weight excluding hydrogens is 311 g/mol. The van der Waals surface area contributed by atoms with Gasteiger partial charge >= 0.3 is 6.18 Å². The Kier molecular flexibility index (Phi) is 3.54. The molecule has 0 saturated carbocycles. The van der Waals surface area contributed by atoms with Gasteiger partial charge in [0.25, 0.3) is 0 Å². The number of aromatic nitrogens is 2. The summed E-state index contributed by atoms with van der Waals surface area (Å²) in [4.78, 5) is 7.19. The van der Waals surface area contributed by atoms with Crippen LogP contribution in [0.2, 0.25) is 0 Å². The minimum Gasteiger partial charge on any atom is -0.226 e. The topological polar surface area (TPSA) is 49.6 Å². The van der Waals surface area contributed by atoms with Gasteiger partial charge in [0.2, 0.25) is 5.82 Å². The van der Waals surface area contributed by atoms with Gasteiger partial charge in [0.1, 0.15) is 5.92 Å². The number of fused-ring (bicyclic) bond motifs is 1. The van der Waals surface area contributed by atoms with Crippen molar-refractivity contribution in [1.29, 1.82) is 5.26 Å². The molecule has 110 valence electrons. The second-order valence-electron chi connectivity index (χ2n) is 4.54. The lowest BCUT2D eigenvalue weighted by atomic mass is 9.96. The predicted octanol–water partition coefficient (Wildman–Crippen LogP) is 4.37. The lowest BCUT2D eigenvalue weighted by molar-refractivity contribution is -0.144. The molecule has 0 spiro atoms. The molecule has 0 amide bonds. The van der Waals surface area contributed by atoms with Crippen molar-refractivity contribution in [3.05, 3.63) is 58.9 Å². The lowest BCUT2D eigenvalue weighted by Gasteiger charge is -2.12. The average Bonchev–Trinajstić information content (AvgIpc) is 2.96. The summed E-state index contributed by atoms with van der Waals surface area (Å²) in [5.41, 5.74) is 0.908. The molecule has 22 heavy (non-hydrogen) atoms. The van der Waals surface area contributed by atoms with Crippen LogP contribution in [0.25, 0.3) is 10.2 Å². The molecule has 0 aliphatic rings. The zero-order chi connectivity index (χ0) is 15.7. The van der Waals surface area contributed by atoms with E-state index in [0.29, 0.717) is 10.3 Å². The number of thiophene rings is 1. The van der Waals surface area contributed by atoms with Crippen molar-refractivity contribution in [1.82, 2.24) is 9.97 Å². The zero-order valence-electron chi connectivity index (χ0n) is 11.0. The van der Waals surface area contributed by atoms with Crippen molar-refractivity contribution in [2.24, 2.45) is 0 Å². The van der Waals surface area contributed by atoms with Crippen LogP contribution in [0, 0.1) is 11.3 Å².